The third-order valence-corrected chi connectivity index (χ3v) is 15.8. The number of aryl methyl sites for hydroxylation is 4. The highest BCUT2D eigenvalue weighted by atomic mass is 32.2. The van der Waals surface area contributed by atoms with E-state index in [0.717, 1.165) is 44.5 Å². The highest BCUT2D eigenvalue weighted by Gasteiger charge is 2.49. The van der Waals surface area contributed by atoms with Gasteiger partial charge in [-0.05, 0) is 136 Å². The molecule has 2 aliphatic carbocycles. The Bertz CT molecular complexity index is 2460. The number of ether oxygens (including phenoxy) is 2. The summed E-state index contributed by atoms with van der Waals surface area (Å²) in [6.07, 6.45) is 2.42. The van der Waals surface area contributed by atoms with E-state index in [0.29, 0.717) is 76.7 Å². The molecule has 6 rings (SSSR count). The number of ketones is 3. The van der Waals surface area contributed by atoms with E-state index in [4.69, 9.17) is 9.47 Å². The van der Waals surface area contributed by atoms with E-state index in [9.17, 15) is 36.0 Å². The normalized spacial score (nSPS) is 19.5. The van der Waals surface area contributed by atoms with Gasteiger partial charge in [0.2, 0.25) is 0 Å². The molecule has 4 aliphatic rings. The number of piperidine rings is 2. The third-order valence-electron chi connectivity index (χ3n) is 12.7. The van der Waals surface area contributed by atoms with Gasteiger partial charge in [-0.3, -0.25) is 14.4 Å². The number of nitrogens with one attached hydrogen (secondary N) is 2. The van der Waals surface area contributed by atoms with Crippen molar-refractivity contribution in [3.8, 4) is 23.7 Å². The number of allylic oxidation sites excluding steroid dienone is 2. The van der Waals surface area contributed by atoms with Crippen LogP contribution in [0.3, 0.4) is 0 Å². The second-order valence-electron chi connectivity index (χ2n) is 16.8. The average molecular weight is 891 g/mol. The zero-order valence-electron chi connectivity index (χ0n) is 37.2. The molecule has 0 unspecified atom stereocenters. The van der Waals surface area contributed by atoms with Gasteiger partial charge in [0, 0.05) is 77.1 Å². The first kappa shape index (κ1) is 48.4. The molecule has 0 amide bonds. The van der Waals surface area contributed by atoms with E-state index in [1.54, 1.807) is 13.8 Å². The Kier molecular flexibility index (Phi) is 15.1. The van der Waals surface area contributed by atoms with Crippen LogP contribution in [0, 0.1) is 62.2 Å². The summed E-state index contributed by atoms with van der Waals surface area (Å²) in [6, 6.07) is 7.70. The molecule has 334 valence electrons. The standard InChI is InChI=1S/C24H30N2O6S.C22H28N2O4S/c1-6-7-18-12-16(2)21(17(3)13-18)22-19(27)14-24(15-20(22)32-23(28)31-5)8-10-26(11-9-24)33(29,30)25-4;1-5-6-17-11-15(2)20(16(3)12-17)21-18(25)13-22(14-19(21)26)7-9-24(10-8-22)29(27,28)23-4/h12-13,25H,8-11,14-15H2,1-5H3;11-12,21,23H,7-10,13-14H2,1-4H3. The van der Waals surface area contributed by atoms with E-state index < -0.39 is 43.3 Å². The smallest absolute Gasteiger partial charge is 0.437 e. The van der Waals surface area contributed by atoms with Crippen molar-refractivity contribution in [2.24, 2.45) is 10.8 Å². The lowest BCUT2D eigenvalue weighted by molar-refractivity contribution is -0.138. The number of Topliss-reactive ketones (excluding diaryl/α,β-unsaturated/α-hetero) is 3. The number of benzene rings is 2. The first-order valence-corrected chi connectivity index (χ1v) is 23.6. The Morgan fingerprint density at radius 1 is 0.677 bits per heavy atom. The van der Waals surface area contributed by atoms with Crippen LogP contribution < -0.4 is 9.44 Å². The predicted molar refractivity (Wildman–Crippen MR) is 236 cm³/mol. The fourth-order valence-electron chi connectivity index (χ4n) is 9.68. The topological polar surface area (TPSA) is 186 Å². The first-order valence-electron chi connectivity index (χ1n) is 20.7. The summed E-state index contributed by atoms with van der Waals surface area (Å²) in [4.78, 5) is 51.9. The van der Waals surface area contributed by atoms with Crippen LogP contribution in [-0.4, -0.2) is 96.3 Å². The Hall–Kier alpha value is -4.68. The van der Waals surface area contributed by atoms with Crippen molar-refractivity contribution in [2.45, 2.75) is 98.8 Å². The van der Waals surface area contributed by atoms with Gasteiger partial charge in [-0.1, -0.05) is 11.8 Å². The van der Waals surface area contributed by atoms with Crippen LogP contribution in [0.5, 0.6) is 0 Å². The zero-order chi connectivity index (χ0) is 45.8. The van der Waals surface area contributed by atoms with E-state index >= 15 is 0 Å². The number of carbonyl (C=O) groups is 4. The lowest BCUT2D eigenvalue weighted by Gasteiger charge is -2.44. The van der Waals surface area contributed by atoms with Crippen LogP contribution in [0.15, 0.2) is 30.0 Å². The zero-order valence-corrected chi connectivity index (χ0v) is 38.8. The summed E-state index contributed by atoms with van der Waals surface area (Å²) in [5.41, 5.74) is 6.36. The van der Waals surface area contributed by atoms with Crippen molar-refractivity contribution in [2.75, 3.05) is 47.4 Å². The second kappa shape index (κ2) is 19.4. The fraction of sp³-hybridized carbons (Fsp3) is 0.522. The Labute approximate surface area is 366 Å². The molecule has 2 aromatic carbocycles. The maximum Gasteiger partial charge on any atom is 0.513 e. The maximum atomic E-state index is 13.5. The molecule has 2 N–H and O–H groups in total. The molecule has 14 nitrogen and oxygen atoms in total. The maximum absolute atomic E-state index is 13.5. The Balaban J connectivity index is 0.000000236. The summed E-state index contributed by atoms with van der Waals surface area (Å²) in [5.74, 6) is 11.2. The second-order valence-corrected chi connectivity index (χ2v) is 20.6. The van der Waals surface area contributed by atoms with Crippen molar-refractivity contribution in [3.05, 3.63) is 74.5 Å². The lowest BCUT2D eigenvalue weighted by atomic mass is 9.63. The SMILES string of the molecule is CC#Cc1cc(C)c(C2=C(OC(=O)OC)CC3(CCN(S(=O)(=O)NC)CC3)CC2=O)c(C)c1.CC#Cc1cc(C)c(C2C(=O)CC3(CCN(S(=O)(=O)NC)CC3)CC2=O)c(C)c1. The first-order chi connectivity index (χ1) is 29.2. The molecular formula is C46H58N4O10S2. The molecule has 2 spiro atoms. The molecule has 0 aromatic heterocycles. The van der Waals surface area contributed by atoms with Gasteiger partial charge in [0.25, 0.3) is 20.4 Å². The number of nitrogens with zero attached hydrogens (tertiary/aromatic N) is 2. The van der Waals surface area contributed by atoms with Gasteiger partial charge in [-0.15, -0.1) is 11.8 Å². The molecule has 0 bridgehead atoms. The highest BCUT2D eigenvalue weighted by molar-refractivity contribution is 7.87. The molecule has 16 heteroatoms. The van der Waals surface area contributed by atoms with Crippen LogP contribution in [0.25, 0.3) is 5.57 Å². The molecule has 2 aliphatic heterocycles. The number of hydrogen-bond donors (Lipinski definition) is 2. The van der Waals surface area contributed by atoms with Gasteiger partial charge >= 0.3 is 6.16 Å². The lowest BCUT2D eigenvalue weighted by Crippen LogP contribution is -2.50. The summed E-state index contributed by atoms with van der Waals surface area (Å²) >= 11 is 0. The molecule has 2 aromatic rings. The molecule has 62 heavy (non-hydrogen) atoms. The minimum Gasteiger partial charge on any atom is -0.437 e. The van der Waals surface area contributed by atoms with Gasteiger partial charge in [-0.2, -0.15) is 25.4 Å². The van der Waals surface area contributed by atoms with Gasteiger partial charge in [0.15, 0.2) is 5.78 Å². The number of hydrogen-bond acceptors (Lipinski definition) is 10. The van der Waals surface area contributed by atoms with Gasteiger partial charge in [-0.25, -0.2) is 14.2 Å². The summed E-state index contributed by atoms with van der Waals surface area (Å²) < 4.78 is 66.0. The van der Waals surface area contributed by atoms with Crippen molar-refractivity contribution < 1.29 is 45.5 Å². The number of carbonyl (C=O) groups excluding carboxylic acids is 4. The van der Waals surface area contributed by atoms with Crippen LogP contribution in [0.2, 0.25) is 0 Å². The average Bonchev–Trinajstić information content (AvgIpc) is 3.20. The van der Waals surface area contributed by atoms with Crippen LogP contribution in [-0.2, 0) is 44.3 Å². The monoisotopic (exact) mass is 890 g/mol. The van der Waals surface area contributed by atoms with E-state index in [1.807, 2.05) is 52.0 Å². The van der Waals surface area contributed by atoms with Gasteiger partial charge < -0.3 is 9.47 Å². The summed E-state index contributed by atoms with van der Waals surface area (Å²) in [7, 11) is -3.02. The third kappa shape index (κ3) is 10.4. The van der Waals surface area contributed by atoms with E-state index in [-0.39, 0.29) is 29.5 Å². The minimum absolute atomic E-state index is 0.0494. The van der Waals surface area contributed by atoms with E-state index in [2.05, 4.69) is 33.1 Å². The van der Waals surface area contributed by atoms with Crippen molar-refractivity contribution in [3.63, 3.8) is 0 Å². The number of rotatable bonds is 7. The molecule has 0 radical (unpaired) electrons. The summed E-state index contributed by atoms with van der Waals surface area (Å²) in [5, 5.41) is 0. The molecule has 2 saturated heterocycles. The van der Waals surface area contributed by atoms with Crippen molar-refractivity contribution in [1.29, 1.82) is 0 Å². The largest absolute Gasteiger partial charge is 0.513 e. The Morgan fingerprint density at radius 3 is 1.47 bits per heavy atom. The molecule has 1 saturated carbocycles. The van der Waals surface area contributed by atoms with Gasteiger partial charge in [0.1, 0.15) is 23.2 Å². The molecule has 2 heterocycles. The number of methoxy groups -OCH3 is 1. The predicted octanol–water partition coefficient (Wildman–Crippen LogP) is 5.32. The minimum atomic E-state index is -3.53. The Morgan fingerprint density at radius 2 is 1.08 bits per heavy atom. The van der Waals surface area contributed by atoms with Crippen LogP contribution in [0.4, 0.5) is 4.79 Å². The van der Waals surface area contributed by atoms with Crippen molar-refractivity contribution >= 4 is 49.5 Å². The highest BCUT2D eigenvalue weighted by Crippen LogP contribution is 2.49. The van der Waals surface area contributed by atoms with Crippen molar-refractivity contribution in [1.82, 2.24) is 18.1 Å². The van der Waals surface area contributed by atoms with E-state index in [1.165, 1.54) is 29.8 Å². The molecular weight excluding hydrogens is 833 g/mol. The van der Waals surface area contributed by atoms with Crippen LogP contribution >= 0.6 is 0 Å². The van der Waals surface area contributed by atoms with Gasteiger partial charge in [0.05, 0.1) is 12.7 Å². The summed E-state index contributed by atoms with van der Waals surface area (Å²) in [6.45, 7) is 12.5. The fourth-order valence-corrected chi connectivity index (χ4v) is 11.5. The molecule has 3 fully saturated rings. The van der Waals surface area contributed by atoms with Crippen LogP contribution in [0.1, 0.15) is 116 Å². The molecule has 0 atom stereocenters. The quantitative estimate of drug-likeness (QED) is 0.210.